The van der Waals surface area contributed by atoms with Crippen LogP contribution in [0.5, 0.6) is 0 Å². The van der Waals surface area contributed by atoms with Gasteiger partial charge >= 0.3 is 11.9 Å². The summed E-state index contributed by atoms with van der Waals surface area (Å²) in [5.41, 5.74) is 1.55. The first-order valence-corrected chi connectivity index (χ1v) is 6.35. The summed E-state index contributed by atoms with van der Waals surface area (Å²) in [6.07, 6.45) is 3.74. The average molecular weight is 272 g/mol. The molecule has 1 saturated heterocycles. The number of ether oxygens (including phenoxy) is 2. The summed E-state index contributed by atoms with van der Waals surface area (Å²) in [6.45, 7) is 7.35. The third kappa shape index (κ3) is 2.64. The normalized spacial score (nSPS) is 17.0. The number of esters is 2. The number of benzene rings is 1. The molecule has 104 valence electrons. The summed E-state index contributed by atoms with van der Waals surface area (Å²) in [5.74, 6) is -2.58. The highest BCUT2D eigenvalue weighted by Gasteiger charge is 2.45. The minimum Gasteiger partial charge on any atom is -0.417 e. The van der Waals surface area contributed by atoms with Gasteiger partial charge in [0.1, 0.15) is 6.42 Å². The zero-order chi connectivity index (χ0) is 14.6. The van der Waals surface area contributed by atoms with Gasteiger partial charge in [-0.3, -0.25) is 9.59 Å². The molecule has 1 aliphatic heterocycles. The molecule has 1 aromatic rings. The quantitative estimate of drug-likeness (QED) is 0.470. The Kier molecular flexibility index (Phi) is 4.03. The average Bonchev–Trinajstić information content (AvgIpc) is 2.38. The van der Waals surface area contributed by atoms with Crippen molar-refractivity contribution in [1.29, 1.82) is 0 Å². The van der Waals surface area contributed by atoms with Crippen molar-refractivity contribution in [3.05, 3.63) is 60.7 Å². The van der Waals surface area contributed by atoms with E-state index in [-0.39, 0.29) is 12.8 Å². The van der Waals surface area contributed by atoms with E-state index in [0.717, 1.165) is 5.56 Å². The van der Waals surface area contributed by atoms with Gasteiger partial charge in [-0.2, -0.15) is 0 Å². The number of hydrogen-bond donors (Lipinski definition) is 0. The third-order valence-corrected chi connectivity index (χ3v) is 3.05. The van der Waals surface area contributed by atoms with E-state index in [1.807, 2.05) is 18.2 Å². The van der Waals surface area contributed by atoms with Crippen LogP contribution < -0.4 is 0 Å². The second kappa shape index (κ2) is 5.74. The molecular weight excluding hydrogens is 256 g/mol. The first kappa shape index (κ1) is 14.1. The Balaban J connectivity index is 2.52. The first-order valence-electron chi connectivity index (χ1n) is 6.35. The van der Waals surface area contributed by atoms with Crippen LogP contribution in [0.3, 0.4) is 0 Å². The Morgan fingerprint density at radius 2 is 1.75 bits per heavy atom. The van der Waals surface area contributed by atoms with E-state index in [1.54, 1.807) is 18.2 Å². The van der Waals surface area contributed by atoms with E-state index >= 15 is 0 Å². The fraction of sp³-hybridized carbons (Fsp3) is 0.250. The lowest BCUT2D eigenvalue weighted by Crippen LogP contribution is -2.43. The summed E-state index contributed by atoms with van der Waals surface area (Å²) in [6, 6.07) is 7.35. The van der Waals surface area contributed by atoms with Crippen LogP contribution in [0.1, 0.15) is 24.0 Å². The van der Waals surface area contributed by atoms with E-state index in [0.29, 0.717) is 12.0 Å². The van der Waals surface area contributed by atoms with Crippen LogP contribution in [0, 0.1) is 0 Å². The van der Waals surface area contributed by atoms with Gasteiger partial charge in [-0.25, -0.2) is 0 Å². The van der Waals surface area contributed by atoms with E-state index < -0.39 is 17.7 Å². The molecule has 0 saturated carbocycles. The van der Waals surface area contributed by atoms with E-state index in [2.05, 4.69) is 13.2 Å². The van der Waals surface area contributed by atoms with Gasteiger partial charge in [0.15, 0.2) is 0 Å². The van der Waals surface area contributed by atoms with Crippen LogP contribution in [-0.2, 0) is 31.3 Å². The lowest BCUT2D eigenvalue weighted by molar-refractivity contribution is -0.248. The Bertz CT molecular complexity index is 543. The molecule has 0 aromatic heterocycles. The maximum Gasteiger partial charge on any atom is 0.320 e. The highest BCUT2D eigenvalue weighted by atomic mass is 16.7. The molecule has 1 aliphatic rings. The van der Waals surface area contributed by atoms with Crippen molar-refractivity contribution >= 4 is 11.9 Å². The molecule has 1 aromatic carbocycles. The topological polar surface area (TPSA) is 52.6 Å². The van der Waals surface area contributed by atoms with Gasteiger partial charge in [-0.05, 0) is 12.0 Å². The molecule has 1 heterocycles. The minimum absolute atomic E-state index is 0.207. The molecule has 0 atom stereocenters. The van der Waals surface area contributed by atoms with Gasteiger partial charge in [0.2, 0.25) is 0 Å². The molecule has 20 heavy (non-hydrogen) atoms. The van der Waals surface area contributed by atoms with Crippen molar-refractivity contribution in [1.82, 2.24) is 0 Å². The Morgan fingerprint density at radius 1 is 1.10 bits per heavy atom. The Morgan fingerprint density at radius 3 is 2.35 bits per heavy atom. The lowest BCUT2D eigenvalue weighted by atomic mass is 9.94. The molecular formula is C16H16O4. The number of carbonyl (C=O) groups is 2. The fourth-order valence-corrected chi connectivity index (χ4v) is 2.30. The maximum absolute atomic E-state index is 11.6. The second-order valence-electron chi connectivity index (χ2n) is 4.52. The molecule has 0 radical (unpaired) electrons. The monoisotopic (exact) mass is 272 g/mol. The number of hydrogen-bond acceptors (Lipinski definition) is 4. The SMILES string of the molecule is C=CCc1ccccc1C1(CC=C)OC(=O)CC(=O)O1. The van der Waals surface area contributed by atoms with Crippen molar-refractivity contribution < 1.29 is 19.1 Å². The molecule has 0 spiro atoms. The highest BCUT2D eigenvalue weighted by molar-refractivity contribution is 5.93. The van der Waals surface area contributed by atoms with Gasteiger partial charge < -0.3 is 9.47 Å². The van der Waals surface area contributed by atoms with Crippen LogP contribution in [0.15, 0.2) is 49.6 Å². The van der Waals surface area contributed by atoms with Crippen molar-refractivity contribution in [3.8, 4) is 0 Å². The number of carbonyl (C=O) groups excluding carboxylic acids is 2. The molecule has 0 unspecified atom stereocenters. The smallest absolute Gasteiger partial charge is 0.320 e. The molecule has 4 nitrogen and oxygen atoms in total. The van der Waals surface area contributed by atoms with E-state index in [9.17, 15) is 9.59 Å². The summed E-state index contributed by atoms with van der Waals surface area (Å²) in [7, 11) is 0. The first-order chi connectivity index (χ1) is 9.61. The van der Waals surface area contributed by atoms with Crippen LogP contribution in [0.4, 0.5) is 0 Å². The van der Waals surface area contributed by atoms with Crippen molar-refractivity contribution in [2.75, 3.05) is 0 Å². The van der Waals surface area contributed by atoms with Gasteiger partial charge in [-0.15, -0.1) is 13.2 Å². The van der Waals surface area contributed by atoms with Gasteiger partial charge in [0, 0.05) is 12.0 Å². The van der Waals surface area contributed by atoms with Crippen molar-refractivity contribution in [2.24, 2.45) is 0 Å². The second-order valence-corrected chi connectivity index (χ2v) is 4.52. The van der Waals surface area contributed by atoms with Gasteiger partial charge in [-0.1, -0.05) is 36.4 Å². The van der Waals surface area contributed by atoms with E-state index in [4.69, 9.17) is 9.47 Å². The Labute approximate surface area is 117 Å². The molecule has 2 rings (SSSR count). The van der Waals surface area contributed by atoms with Gasteiger partial charge in [0.25, 0.3) is 5.79 Å². The van der Waals surface area contributed by atoms with Crippen LogP contribution in [0.2, 0.25) is 0 Å². The molecule has 4 heteroatoms. The van der Waals surface area contributed by atoms with Crippen LogP contribution >= 0.6 is 0 Å². The minimum atomic E-state index is -1.41. The highest BCUT2D eigenvalue weighted by Crippen LogP contribution is 2.37. The zero-order valence-corrected chi connectivity index (χ0v) is 11.1. The van der Waals surface area contributed by atoms with Gasteiger partial charge in [0.05, 0.1) is 0 Å². The standard InChI is InChI=1S/C16H16O4/c1-3-7-12-8-5-6-9-13(12)16(10-4-2)19-14(17)11-15(18)20-16/h3-6,8-9H,1-2,7,10-11H2. The Hall–Kier alpha value is -2.36. The predicted molar refractivity (Wildman–Crippen MR) is 73.6 cm³/mol. The lowest BCUT2D eigenvalue weighted by Gasteiger charge is -2.36. The number of cyclic esters (lactones) is 2. The zero-order valence-electron chi connectivity index (χ0n) is 11.1. The fourth-order valence-electron chi connectivity index (χ4n) is 2.30. The summed E-state index contributed by atoms with van der Waals surface area (Å²) < 4.78 is 10.7. The third-order valence-electron chi connectivity index (χ3n) is 3.05. The number of allylic oxidation sites excluding steroid dienone is 1. The van der Waals surface area contributed by atoms with Crippen molar-refractivity contribution in [3.63, 3.8) is 0 Å². The molecule has 0 amide bonds. The van der Waals surface area contributed by atoms with Crippen molar-refractivity contribution in [2.45, 2.75) is 25.0 Å². The summed E-state index contributed by atoms with van der Waals surface area (Å²) >= 11 is 0. The summed E-state index contributed by atoms with van der Waals surface area (Å²) in [5, 5.41) is 0. The van der Waals surface area contributed by atoms with Crippen LogP contribution in [0.25, 0.3) is 0 Å². The largest absolute Gasteiger partial charge is 0.417 e. The molecule has 0 bridgehead atoms. The maximum atomic E-state index is 11.6. The number of rotatable bonds is 5. The molecule has 0 N–H and O–H groups in total. The molecule has 0 aliphatic carbocycles. The summed E-state index contributed by atoms with van der Waals surface area (Å²) in [4.78, 5) is 23.3. The predicted octanol–water partition coefficient (Wildman–Crippen LogP) is 2.63. The van der Waals surface area contributed by atoms with Crippen LogP contribution in [-0.4, -0.2) is 11.9 Å². The van der Waals surface area contributed by atoms with E-state index in [1.165, 1.54) is 0 Å². The molecule has 1 fully saturated rings.